The van der Waals surface area contributed by atoms with Crippen LogP contribution in [0.2, 0.25) is 0 Å². The monoisotopic (exact) mass is 689 g/mol. The zero-order valence-electron chi connectivity index (χ0n) is 28.7. The molecule has 0 N–H and O–H groups in total. The van der Waals surface area contributed by atoms with E-state index in [0.29, 0.717) is 5.69 Å². The summed E-state index contributed by atoms with van der Waals surface area (Å²) >= 11 is 0. The molecule has 12 rings (SSSR count). The second-order valence-corrected chi connectivity index (χ2v) is 14.0. The van der Waals surface area contributed by atoms with Gasteiger partial charge in [0, 0.05) is 48.8 Å². The molecular weight excluding hydrogens is 663 g/mol. The standard InChI is InChI=1S/C49H27N3O2/c1-50-40-22-21-30(24-45(40)52-42-18-7-3-14-33(42)37-28-49-39(26-44(37)52)35-16-5-9-20-47(35)54-49)29-11-10-12-31(23-29)51-41-17-6-2-13-32(41)36-27-48-38(25-43(36)51)34-15-4-8-19-46(34)53-48/h2-28H. The van der Waals surface area contributed by atoms with Crippen molar-refractivity contribution in [3.8, 4) is 22.5 Å². The molecule has 54 heavy (non-hydrogen) atoms. The Hall–Kier alpha value is -7.55. The number of hydrogen-bond acceptors (Lipinski definition) is 2. The summed E-state index contributed by atoms with van der Waals surface area (Å²) in [7, 11) is 0. The number of aromatic nitrogens is 2. The zero-order chi connectivity index (χ0) is 35.5. The first kappa shape index (κ1) is 29.1. The third kappa shape index (κ3) is 3.97. The molecule has 5 heteroatoms. The largest absolute Gasteiger partial charge is 0.456 e. The van der Waals surface area contributed by atoms with Crippen molar-refractivity contribution in [3.05, 3.63) is 175 Å². The molecule has 0 saturated heterocycles. The Bertz CT molecular complexity index is 3590. The molecule has 0 aliphatic rings. The van der Waals surface area contributed by atoms with Crippen molar-refractivity contribution in [2.45, 2.75) is 0 Å². The van der Waals surface area contributed by atoms with Crippen LogP contribution in [0.15, 0.2) is 173 Å². The number of para-hydroxylation sites is 4. The van der Waals surface area contributed by atoms with Gasteiger partial charge >= 0.3 is 0 Å². The third-order valence-electron chi connectivity index (χ3n) is 11.1. The van der Waals surface area contributed by atoms with Gasteiger partial charge in [0.15, 0.2) is 0 Å². The van der Waals surface area contributed by atoms with Crippen LogP contribution in [-0.2, 0) is 0 Å². The van der Waals surface area contributed by atoms with E-state index in [-0.39, 0.29) is 0 Å². The minimum absolute atomic E-state index is 0.591. The molecule has 0 aliphatic heterocycles. The molecular formula is C49H27N3O2. The zero-order valence-corrected chi connectivity index (χ0v) is 28.7. The van der Waals surface area contributed by atoms with Crippen molar-refractivity contribution in [1.82, 2.24) is 9.13 Å². The lowest BCUT2D eigenvalue weighted by molar-refractivity contribution is 0.669. The fraction of sp³-hybridized carbons (Fsp3) is 0. The van der Waals surface area contributed by atoms with Gasteiger partial charge in [0.2, 0.25) is 5.69 Å². The molecule has 0 atom stereocenters. The van der Waals surface area contributed by atoms with E-state index in [1.54, 1.807) is 0 Å². The van der Waals surface area contributed by atoms with E-state index in [2.05, 4.69) is 141 Å². The maximum Gasteiger partial charge on any atom is 0.210 e. The molecule has 250 valence electrons. The lowest BCUT2D eigenvalue weighted by Crippen LogP contribution is -1.96. The van der Waals surface area contributed by atoms with Crippen LogP contribution in [0.5, 0.6) is 0 Å². The van der Waals surface area contributed by atoms with Crippen LogP contribution in [0.3, 0.4) is 0 Å². The number of nitrogens with zero attached hydrogens (tertiary/aromatic N) is 3. The summed E-state index contributed by atoms with van der Waals surface area (Å²) in [6.45, 7) is 8.26. The Labute approximate surface area is 307 Å². The Morgan fingerprint density at radius 1 is 0.370 bits per heavy atom. The maximum atomic E-state index is 8.26. The van der Waals surface area contributed by atoms with Crippen molar-refractivity contribution in [2.75, 3.05) is 0 Å². The van der Waals surface area contributed by atoms with Gasteiger partial charge in [-0.1, -0.05) is 97.1 Å². The van der Waals surface area contributed by atoms with E-state index < -0.39 is 0 Å². The number of hydrogen-bond donors (Lipinski definition) is 0. The molecule has 4 aromatic heterocycles. The first-order chi connectivity index (χ1) is 26.7. The molecule has 0 radical (unpaired) electrons. The first-order valence-corrected chi connectivity index (χ1v) is 18.0. The molecule has 8 aromatic carbocycles. The van der Waals surface area contributed by atoms with Crippen LogP contribution < -0.4 is 0 Å². The molecule has 0 spiro atoms. The van der Waals surface area contributed by atoms with Crippen LogP contribution in [-0.4, -0.2) is 9.13 Å². The summed E-state index contributed by atoms with van der Waals surface area (Å²) in [6, 6.07) is 57.1. The van der Waals surface area contributed by atoms with Crippen molar-refractivity contribution in [2.24, 2.45) is 0 Å². The average Bonchev–Trinajstić information content (AvgIpc) is 3.96. The van der Waals surface area contributed by atoms with Gasteiger partial charge in [0.25, 0.3) is 0 Å². The molecule has 12 aromatic rings. The summed E-state index contributed by atoms with van der Waals surface area (Å²) in [5.41, 5.74) is 12.4. The second kappa shape index (κ2) is 10.7. The average molecular weight is 690 g/mol. The van der Waals surface area contributed by atoms with Crippen LogP contribution >= 0.6 is 0 Å². The van der Waals surface area contributed by atoms with Crippen molar-refractivity contribution >= 4 is 93.2 Å². The Balaban J connectivity index is 1.08. The molecule has 4 heterocycles. The molecule has 0 saturated carbocycles. The van der Waals surface area contributed by atoms with Gasteiger partial charge < -0.3 is 18.0 Å². The van der Waals surface area contributed by atoms with Crippen LogP contribution in [0, 0.1) is 6.57 Å². The quantitative estimate of drug-likeness (QED) is 0.173. The summed E-state index contributed by atoms with van der Waals surface area (Å²) < 4.78 is 17.2. The highest BCUT2D eigenvalue weighted by atomic mass is 16.3. The van der Waals surface area contributed by atoms with Crippen LogP contribution in [0.25, 0.3) is 115 Å². The van der Waals surface area contributed by atoms with E-state index in [0.717, 1.165) is 105 Å². The minimum atomic E-state index is 0.591. The van der Waals surface area contributed by atoms with E-state index in [9.17, 15) is 0 Å². The molecule has 0 bridgehead atoms. The van der Waals surface area contributed by atoms with Gasteiger partial charge in [-0.3, -0.25) is 0 Å². The predicted octanol–water partition coefficient (Wildman–Crippen LogP) is 13.9. The molecule has 0 fully saturated rings. The molecule has 0 amide bonds. The van der Waals surface area contributed by atoms with Gasteiger partial charge in [-0.15, -0.1) is 0 Å². The van der Waals surface area contributed by atoms with Gasteiger partial charge in [-0.05, 0) is 77.9 Å². The first-order valence-electron chi connectivity index (χ1n) is 18.0. The smallest absolute Gasteiger partial charge is 0.210 e. The molecule has 5 nitrogen and oxygen atoms in total. The summed E-state index contributed by atoms with van der Waals surface area (Å²) in [5, 5.41) is 8.88. The predicted molar refractivity (Wildman–Crippen MR) is 221 cm³/mol. The van der Waals surface area contributed by atoms with Crippen molar-refractivity contribution in [1.29, 1.82) is 0 Å². The molecule has 0 unspecified atom stereocenters. The fourth-order valence-electron chi connectivity index (χ4n) is 8.71. The van der Waals surface area contributed by atoms with E-state index in [1.165, 1.54) is 5.39 Å². The summed E-state index contributed by atoms with van der Waals surface area (Å²) in [5.74, 6) is 0. The van der Waals surface area contributed by atoms with Crippen LogP contribution in [0.4, 0.5) is 5.69 Å². The Morgan fingerprint density at radius 3 is 1.54 bits per heavy atom. The van der Waals surface area contributed by atoms with Gasteiger partial charge in [0.1, 0.15) is 22.3 Å². The fourth-order valence-corrected chi connectivity index (χ4v) is 8.71. The summed E-state index contributed by atoms with van der Waals surface area (Å²) in [4.78, 5) is 4.04. The SMILES string of the molecule is [C-]#[N+]c1ccc(-c2cccc(-n3c4ccccc4c4cc5oc6ccccc6c5cc43)c2)cc1-n1c2ccccc2c2cc3oc4ccccc4c3cc21. The summed E-state index contributed by atoms with van der Waals surface area (Å²) in [6.07, 6.45) is 0. The Morgan fingerprint density at radius 2 is 0.907 bits per heavy atom. The number of fused-ring (bicyclic) bond motifs is 12. The Kier molecular flexibility index (Phi) is 5.78. The molecule has 0 aliphatic carbocycles. The third-order valence-corrected chi connectivity index (χ3v) is 11.1. The van der Waals surface area contributed by atoms with Crippen molar-refractivity contribution < 1.29 is 8.83 Å². The lowest BCUT2D eigenvalue weighted by Gasteiger charge is -2.14. The van der Waals surface area contributed by atoms with E-state index >= 15 is 0 Å². The lowest BCUT2D eigenvalue weighted by atomic mass is 10.0. The van der Waals surface area contributed by atoms with Crippen molar-refractivity contribution in [3.63, 3.8) is 0 Å². The number of furan rings is 2. The highest BCUT2D eigenvalue weighted by molar-refractivity contribution is 6.18. The van der Waals surface area contributed by atoms with Gasteiger partial charge in [0.05, 0.1) is 34.3 Å². The number of benzene rings is 8. The normalized spacial score (nSPS) is 12.1. The van der Waals surface area contributed by atoms with E-state index in [4.69, 9.17) is 15.4 Å². The van der Waals surface area contributed by atoms with Gasteiger partial charge in [-0.25, -0.2) is 4.85 Å². The highest BCUT2D eigenvalue weighted by Gasteiger charge is 2.20. The number of rotatable bonds is 3. The van der Waals surface area contributed by atoms with E-state index in [1.807, 2.05) is 36.4 Å². The highest BCUT2D eigenvalue weighted by Crippen LogP contribution is 2.42. The topological polar surface area (TPSA) is 40.5 Å². The van der Waals surface area contributed by atoms with Gasteiger partial charge in [-0.2, -0.15) is 0 Å². The minimum Gasteiger partial charge on any atom is -0.456 e. The maximum absolute atomic E-state index is 8.26. The second-order valence-electron chi connectivity index (χ2n) is 14.0. The van der Waals surface area contributed by atoms with Crippen LogP contribution in [0.1, 0.15) is 0 Å².